The van der Waals surface area contributed by atoms with Crippen molar-refractivity contribution in [1.29, 1.82) is 0 Å². The summed E-state index contributed by atoms with van der Waals surface area (Å²) in [6.07, 6.45) is 8.31. The van der Waals surface area contributed by atoms with Crippen LogP contribution in [-0.2, 0) is 9.53 Å². The molecule has 2 heteroatoms. The normalized spacial score (nSPS) is 15.9. The van der Waals surface area contributed by atoms with Gasteiger partial charge in [-0.25, -0.2) is 0 Å². The molecule has 0 saturated heterocycles. The SMILES string of the molecule is CCCCC(CC)CCC(C)OC(=O)C(C)CC(C)C. The molecule has 0 N–H and O–H groups in total. The molecule has 0 aromatic rings. The number of hydrogen-bond donors (Lipinski definition) is 0. The molecule has 0 saturated carbocycles. The molecule has 2 nitrogen and oxygen atoms in total. The Morgan fingerprint density at radius 3 is 2.15 bits per heavy atom. The number of unbranched alkanes of at least 4 members (excludes halogenated alkanes) is 1. The highest BCUT2D eigenvalue weighted by atomic mass is 16.5. The minimum atomic E-state index is -0.0205. The summed E-state index contributed by atoms with van der Waals surface area (Å²) in [5.41, 5.74) is 0. The minimum Gasteiger partial charge on any atom is -0.462 e. The summed E-state index contributed by atoms with van der Waals surface area (Å²) < 4.78 is 5.57. The topological polar surface area (TPSA) is 26.3 Å². The van der Waals surface area contributed by atoms with E-state index in [1.54, 1.807) is 0 Å². The molecule has 0 fully saturated rings. The van der Waals surface area contributed by atoms with Crippen LogP contribution in [0.25, 0.3) is 0 Å². The quantitative estimate of drug-likeness (QED) is 0.462. The molecular weight excluding hydrogens is 248 g/mol. The van der Waals surface area contributed by atoms with Gasteiger partial charge >= 0.3 is 5.97 Å². The molecule has 0 amide bonds. The maximum absolute atomic E-state index is 12.0. The van der Waals surface area contributed by atoms with E-state index in [0.29, 0.717) is 5.92 Å². The van der Waals surface area contributed by atoms with Crippen molar-refractivity contribution in [2.45, 2.75) is 92.6 Å². The van der Waals surface area contributed by atoms with Gasteiger partial charge in [0.15, 0.2) is 0 Å². The van der Waals surface area contributed by atoms with Crippen molar-refractivity contribution in [2.75, 3.05) is 0 Å². The van der Waals surface area contributed by atoms with Crippen LogP contribution in [0.1, 0.15) is 86.5 Å². The number of carbonyl (C=O) groups excluding carboxylic acids is 1. The van der Waals surface area contributed by atoms with Crippen LogP contribution in [0.3, 0.4) is 0 Å². The molecule has 0 bridgehead atoms. The Balaban J connectivity index is 3.96. The van der Waals surface area contributed by atoms with Crippen LogP contribution < -0.4 is 0 Å². The summed E-state index contributed by atoms with van der Waals surface area (Å²) in [7, 11) is 0. The van der Waals surface area contributed by atoms with Crippen molar-refractivity contribution >= 4 is 5.97 Å². The molecule has 3 atom stereocenters. The van der Waals surface area contributed by atoms with Gasteiger partial charge in [-0.15, -0.1) is 0 Å². The molecule has 0 aliphatic heterocycles. The van der Waals surface area contributed by atoms with Gasteiger partial charge in [0.2, 0.25) is 0 Å². The molecule has 0 heterocycles. The molecule has 0 rings (SSSR count). The lowest BCUT2D eigenvalue weighted by Crippen LogP contribution is -2.22. The van der Waals surface area contributed by atoms with Crippen molar-refractivity contribution < 1.29 is 9.53 Å². The first-order valence-corrected chi connectivity index (χ1v) is 8.61. The van der Waals surface area contributed by atoms with E-state index >= 15 is 0 Å². The fraction of sp³-hybridized carbons (Fsp3) is 0.944. The molecule has 0 radical (unpaired) electrons. The largest absolute Gasteiger partial charge is 0.462 e. The van der Waals surface area contributed by atoms with Gasteiger partial charge in [0.1, 0.15) is 0 Å². The predicted molar refractivity (Wildman–Crippen MR) is 86.7 cm³/mol. The lowest BCUT2D eigenvalue weighted by Gasteiger charge is -2.20. The number of ether oxygens (including phenoxy) is 1. The molecule has 0 aromatic carbocycles. The second kappa shape index (κ2) is 11.2. The molecule has 0 spiro atoms. The van der Waals surface area contributed by atoms with Crippen LogP contribution in [0.2, 0.25) is 0 Å². The lowest BCUT2D eigenvalue weighted by atomic mass is 9.93. The summed E-state index contributed by atoms with van der Waals surface area (Å²) in [6.45, 7) is 12.8. The van der Waals surface area contributed by atoms with E-state index in [1.165, 1.54) is 32.1 Å². The van der Waals surface area contributed by atoms with Gasteiger partial charge in [0, 0.05) is 0 Å². The third kappa shape index (κ3) is 9.39. The van der Waals surface area contributed by atoms with Gasteiger partial charge in [0.25, 0.3) is 0 Å². The van der Waals surface area contributed by atoms with Gasteiger partial charge in [-0.05, 0) is 38.0 Å². The van der Waals surface area contributed by atoms with E-state index in [0.717, 1.165) is 18.8 Å². The van der Waals surface area contributed by atoms with Crippen LogP contribution in [0.5, 0.6) is 0 Å². The van der Waals surface area contributed by atoms with Crippen molar-refractivity contribution in [2.24, 2.45) is 17.8 Å². The Labute approximate surface area is 126 Å². The number of rotatable bonds is 11. The van der Waals surface area contributed by atoms with Crippen molar-refractivity contribution in [3.63, 3.8) is 0 Å². The van der Waals surface area contributed by atoms with E-state index in [4.69, 9.17) is 4.74 Å². The van der Waals surface area contributed by atoms with Gasteiger partial charge in [-0.3, -0.25) is 4.79 Å². The standard InChI is InChI=1S/C18H36O2/c1-7-9-10-17(8-2)12-11-16(6)20-18(19)15(5)13-14(3)4/h14-17H,7-13H2,1-6H3. The number of hydrogen-bond acceptors (Lipinski definition) is 2. The zero-order chi connectivity index (χ0) is 15.5. The minimum absolute atomic E-state index is 0.0205. The maximum atomic E-state index is 12.0. The molecule has 20 heavy (non-hydrogen) atoms. The Kier molecular flexibility index (Phi) is 10.9. The monoisotopic (exact) mass is 284 g/mol. The Bertz CT molecular complexity index is 248. The number of esters is 1. The van der Waals surface area contributed by atoms with Gasteiger partial charge in [-0.1, -0.05) is 60.3 Å². The molecular formula is C18H36O2. The zero-order valence-corrected chi connectivity index (χ0v) is 14.6. The van der Waals surface area contributed by atoms with Gasteiger partial charge in [-0.2, -0.15) is 0 Å². The first kappa shape index (κ1) is 19.5. The van der Waals surface area contributed by atoms with Crippen LogP contribution in [0.15, 0.2) is 0 Å². The average molecular weight is 284 g/mol. The smallest absolute Gasteiger partial charge is 0.308 e. The Morgan fingerprint density at radius 2 is 1.65 bits per heavy atom. The molecule has 0 aliphatic rings. The van der Waals surface area contributed by atoms with E-state index in [-0.39, 0.29) is 18.0 Å². The fourth-order valence-corrected chi connectivity index (χ4v) is 2.69. The van der Waals surface area contributed by atoms with E-state index in [2.05, 4.69) is 27.7 Å². The third-order valence-corrected chi connectivity index (χ3v) is 4.07. The van der Waals surface area contributed by atoms with E-state index in [9.17, 15) is 4.79 Å². The predicted octanol–water partition coefficient (Wildman–Crippen LogP) is 5.60. The molecule has 0 aromatic heterocycles. The molecule has 0 aliphatic carbocycles. The van der Waals surface area contributed by atoms with Gasteiger partial charge < -0.3 is 4.74 Å². The van der Waals surface area contributed by atoms with Crippen molar-refractivity contribution in [3.8, 4) is 0 Å². The third-order valence-electron chi connectivity index (χ3n) is 4.07. The summed E-state index contributed by atoms with van der Waals surface area (Å²) >= 11 is 0. The molecule has 3 unspecified atom stereocenters. The zero-order valence-electron chi connectivity index (χ0n) is 14.6. The van der Waals surface area contributed by atoms with E-state index < -0.39 is 0 Å². The van der Waals surface area contributed by atoms with Gasteiger partial charge in [0.05, 0.1) is 12.0 Å². The highest BCUT2D eigenvalue weighted by Gasteiger charge is 2.19. The Morgan fingerprint density at radius 1 is 1.00 bits per heavy atom. The first-order chi connectivity index (χ1) is 9.40. The van der Waals surface area contributed by atoms with E-state index in [1.807, 2.05) is 13.8 Å². The average Bonchev–Trinajstić information content (AvgIpc) is 2.38. The van der Waals surface area contributed by atoms with Crippen LogP contribution in [0, 0.1) is 17.8 Å². The summed E-state index contributed by atoms with van der Waals surface area (Å²) in [6, 6.07) is 0. The van der Waals surface area contributed by atoms with Crippen molar-refractivity contribution in [1.82, 2.24) is 0 Å². The fourth-order valence-electron chi connectivity index (χ4n) is 2.69. The van der Waals surface area contributed by atoms with Crippen LogP contribution in [-0.4, -0.2) is 12.1 Å². The maximum Gasteiger partial charge on any atom is 0.308 e. The number of carbonyl (C=O) groups is 1. The van der Waals surface area contributed by atoms with Crippen molar-refractivity contribution in [3.05, 3.63) is 0 Å². The lowest BCUT2D eigenvalue weighted by molar-refractivity contribution is -0.153. The molecule has 120 valence electrons. The highest BCUT2D eigenvalue weighted by Crippen LogP contribution is 2.21. The summed E-state index contributed by atoms with van der Waals surface area (Å²) in [5, 5.41) is 0. The Hall–Kier alpha value is -0.530. The summed E-state index contributed by atoms with van der Waals surface area (Å²) in [5.74, 6) is 1.35. The van der Waals surface area contributed by atoms with Crippen LogP contribution >= 0.6 is 0 Å². The first-order valence-electron chi connectivity index (χ1n) is 8.61. The van der Waals surface area contributed by atoms with Crippen LogP contribution in [0.4, 0.5) is 0 Å². The summed E-state index contributed by atoms with van der Waals surface area (Å²) in [4.78, 5) is 12.0. The second-order valence-electron chi connectivity index (χ2n) is 6.77. The highest BCUT2D eigenvalue weighted by molar-refractivity contribution is 5.72. The second-order valence-corrected chi connectivity index (χ2v) is 6.77.